The van der Waals surface area contributed by atoms with Crippen molar-refractivity contribution in [1.29, 1.82) is 0 Å². The first kappa shape index (κ1) is 19.9. The van der Waals surface area contributed by atoms with Gasteiger partial charge in [0.1, 0.15) is 0 Å². The molecule has 1 rings (SSSR count). The van der Waals surface area contributed by atoms with E-state index < -0.39 is 15.1 Å². The molecule has 1 aromatic rings. The van der Waals surface area contributed by atoms with Crippen LogP contribution in [0.15, 0.2) is 24.3 Å². The average Bonchev–Trinajstić information content (AvgIpc) is 2.36. The van der Waals surface area contributed by atoms with Crippen LogP contribution in [0.4, 0.5) is 5.69 Å². The molecule has 0 radical (unpaired) electrons. The monoisotopic (exact) mass is 334 g/mol. The maximum absolute atomic E-state index is 11.9. The van der Waals surface area contributed by atoms with Gasteiger partial charge in [-0.15, -0.1) is 12.4 Å². The third-order valence-electron chi connectivity index (χ3n) is 2.90. The number of carbonyl (C=O) groups excluding carboxylic acids is 1. The summed E-state index contributed by atoms with van der Waals surface area (Å²) < 4.78 is 23.7. The summed E-state index contributed by atoms with van der Waals surface area (Å²) in [7, 11) is -3.14. The van der Waals surface area contributed by atoms with Gasteiger partial charge in [-0.2, -0.15) is 0 Å². The Balaban J connectivity index is 0.00000400. The number of nitrogens with two attached hydrogens (primary N) is 1. The zero-order valence-corrected chi connectivity index (χ0v) is 14.0. The third kappa shape index (κ3) is 6.93. The molecule has 5 nitrogen and oxygen atoms in total. The molecule has 1 amide bonds. The van der Waals surface area contributed by atoms with E-state index in [1.165, 1.54) is 0 Å². The van der Waals surface area contributed by atoms with Crippen molar-refractivity contribution in [3.63, 3.8) is 0 Å². The fourth-order valence-electron chi connectivity index (χ4n) is 1.62. The SMILES string of the molecule is CC(C)S(=O)(=O)Cc1cccc(NC(=O)CCCN)c1.Cl. The molecular weight excluding hydrogens is 312 g/mol. The third-order valence-corrected chi connectivity index (χ3v) is 5.08. The van der Waals surface area contributed by atoms with Crippen LogP contribution < -0.4 is 11.1 Å². The largest absolute Gasteiger partial charge is 0.330 e. The Labute approximate surface area is 132 Å². The van der Waals surface area contributed by atoms with Crippen molar-refractivity contribution in [2.24, 2.45) is 5.73 Å². The molecule has 7 heteroatoms. The summed E-state index contributed by atoms with van der Waals surface area (Å²) in [6, 6.07) is 6.92. The molecule has 0 fully saturated rings. The lowest BCUT2D eigenvalue weighted by Gasteiger charge is -2.10. The van der Waals surface area contributed by atoms with Gasteiger partial charge in [0.15, 0.2) is 9.84 Å². The van der Waals surface area contributed by atoms with Crippen LogP contribution in [0.3, 0.4) is 0 Å². The molecule has 0 bridgehead atoms. The van der Waals surface area contributed by atoms with E-state index in [0.29, 0.717) is 30.6 Å². The van der Waals surface area contributed by atoms with E-state index >= 15 is 0 Å². The summed E-state index contributed by atoms with van der Waals surface area (Å²) in [6.07, 6.45) is 0.998. The summed E-state index contributed by atoms with van der Waals surface area (Å²) in [5, 5.41) is 2.33. The Morgan fingerprint density at radius 3 is 2.57 bits per heavy atom. The lowest BCUT2D eigenvalue weighted by atomic mass is 10.2. The molecular formula is C14H23ClN2O3S. The second kappa shape index (κ2) is 9.02. The minimum absolute atomic E-state index is 0. The molecule has 0 aromatic heterocycles. The number of benzene rings is 1. The standard InChI is InChI=1S/C14H22N2O3S.ClH/c1-11(2)20(18,19)10-12-5-3-6-13(9-12)16-14(17)7-4-8-15;/h3,5-6,9,11H,4,7-8,10,15H2,1-2H3,(H,16,17);1H. The summed E-state index contributed by atoms with van der Waals surface area (Å²) >= 11 is 0. The number of anilines is 1. The Bertz CT molecular complexity index is 559. The van der Waals surface area contributed by atoms with Crippen LogP contribution >= 0.6 is 12.4 Å². The molecule has 0 aliphatic rings. The van der Waals surface area contributed by atoms with Crippen molar-refractivity contribution in [3.05, 3.63) is 29.8 Å². The summed E-state index contributed by atoms with van der Waals surface area (Å²) in [6.45, 7) is 3.79. The Morgan fingerprint density at radius 2 is 2.00 bits per heavy atom. The second-order valence-corrected chi connectivity index (χ2v) is 7.55. The minimum Gasteiger partial charge on any atom is -0.330 e. The zero-order chi connectivity index (χ0) is 15.2. The summed E-state index contributed by atoms with van der Waals surface area (Å²) in [5.74, 6) is -0.128. The van der Waals surface area contributed by atoms with E-state index in [4.69, 9.17) is 5.73 Å². The van der Waals surface area contributed by atoms with E-state index in [-0.39, 0.29) is 24.1 Å². The topological polar surface area (TPSA) is 89.3 Å². The number of hydrogen-bond donors (Lipinski definition) is 2. The highest BCUT2D eigenvalue weighted by molar-refractivity contribution is 7.91. The predicted molar refractivity (Wildman–Crippen MR) is 88.4 cm³/mol. The van der Waals surface area contributed by atoms with E-state index in [1.54, 1.807) is 38.1 Å². The molecule has 120 valence electrons. The molecule has 0 atom stereocenters. The van der Waals surface area contributed by atoms with Crippen LogP contribution in [0.25, 0.3) is 0 Å². The smallest absolute Gasteiger partial charge is 0.224 e. The molecule has 0 saturated heterocycles. The minimum atomic E-state index is -3.14. The highest BCUT2D eigenvalue weighted by atomic mass is 35.5. The quantitative estimate of drug-likeness (QED) is 0.799. The van der Waals surface area contributed by atoms with Crippen molar-refractivity contribution < 1.29 is 13.2 Å². The molecule has 0 aliphatic heterocycles. The Kier molecular flexibility index (Phi) is 8.54. The highest BCUT2D eigenvalue weighted by Gasteiger charge is 2.16. The molecule has 0 heterocycles. The molecule has 0 saturated carbocycles. The van der Waals surface area contributed by atoms with Gasteiger partial charge in [0.05, 0.1) is 11.0 Å². The normalized spacial score (nSPS) is 11.0. The molecule has 0 spiro atoms. The molecule has 1 aromatic carbocycles. The van der Waals surface area contributed by atoms with Crippen molar-refractivity contribution >= 4 is 33.8 Å². The summed E-state index contributed by atoms with van der Waals surface area (Å²) in [5.41, 5.74) is 6.64. The van der Waals surface area contributed by atoms with Crippen LogP contribution in [0.2, 0.25) is 0 Å². The van der Waals surface area contributed by atoms with Crippen LogP contribution in [0.5, 0.6) is 0 Å². The van der Waals surface area contributed by atoms with Gasteiger partial charge in [-0.25, -0.2) is 8.42 Å². The number of sulfone groups is 1. The van der Waals surface area contributed by atoms with Crippen LogP contribution in [0.1, 0.15) is 32.3 Å². The van der Waals surface area contributed by atoms with E-state index in [2.05, 4.69) is 5.32 Å². The van der Waals surface area contributed by atoms with E-state index in [1.807, 2.05) is 0 Å². The zero-order valence-electron chi connectivity index (χ0n) is 12.3. The predicted octanol–water partition coefficient (Wildman–Crippen LogP) is 2.11. The fourth-order valence-corrected chi connectivity index (χ4v) is 2.60. The highest BCUT2D eigenvalue weighted by Crippen LogP contribution is 2.16. The Hall–Kier alpha value is -1.11. The number of rotatable bonds is 7. The van der Waals surface area contributed by atoms with Gasteiger partial charge in [0, 0.05) is 12.1 Å². The maximum atomic E-state index is 11.9. The van der Waals surface area contributed by atoms with Gasteiger partial charge in [-0.3, -0.25) is 4.79 Å². The van der Waals surface area contributed by atoms with Gasteiger partial charge in [0.25, 0.3) is 0 Å². The van der Waals surface area contributed by atoms with Crippen LogP contribution in [-0.4, -0.2) is 26.1 Å². The van der Waals surface area contributed by atoms with Crippen molar-refractivity contribution in [3.8, 4) is 0 Å². The first-order valence-corrected chi connectivity index (χ1v) is 8.37. The van der Waals surface area contributed by atoms with E-state index in [0.717, 1.165) is 0 Å². The van der Waals surface area contributed by atoms with Crippen molar-refractivity contribution in [2.45, 2.75) is 37.7 Å². The number of nitrogens with one attached hydrogen (secondary N) is 1. The van der Waals surface area contributed by atoms with Gasteiger partial charge in [0.2, 0.25) is 5.91 Å². The van der Waals surface area contributed by atoms with Crippen LogP contribution in [-0.2, 0) is 20.4 Å². The van der Waals surface area contributed by atoms with E-state index in [9.17, 15) is 13.2 Å². The number of hydrogen-bond acceptors (Lipinski definition) is 4. The summed E-state index contributed by atoms with van der Waals surface area (Å²) in [4.78, 5) is 11.6. The van der Waals surface area contributed by atoms with Crippen LogP contribution in [0, 0.1) is 0 Å². The molecule has 3 N–H and O–H groups in total. The van der Waals surface area contributed by atoms with Crippen molar-refractivity contribution in [2.75, 3.05) is 11.9 Å². The van der Waals surface area contributed by atoms with Gasteiger partial charge in [-0.1, -0.05) is 12.1 Å². The first-order chi connectivity index (χ1) is 9.35. The lowest BCUT2D eigenvalue weighted by Crippen LogP contribution is -2.16. The average molecular weight is 335 g/mol. The van der Waals surface area contributed by atoms with Crippen molar-refractivity contribution in [1.82, 2.24) is 0 Å². The number of halogens is 1. The van der Waals surface area contributed by atoms with Gasteiger partial charge < -0.3 is 11.1 Å². The molecule has 0 aliphatic carbocycles. The second-order valence-electron chi connectivity index (χ2n) is 5.00. The first-order valence-electron chi connectivity index (χ1n) is 6.65. The lowest BCUT2D eigenvalue weighted by molar-refractivity contribution is -0.116. The number of carbonyl (C=O) groups is 1. The molecule has 21 heavy (non-hydrogen) atoms. The fraction of sp³-hybridized carbons (Fsp3) is 0.500. The molecule has 0 unspecified atom stereocenters. The Morgan fingerprint density at radius 1 is 1.33 bits per heavy atom. The van der Waals surface area contributed by atoms with Gasteiger partial charge in [-0.05, 0) is 44.5 Å². The number of amides is 1. The maximum Gasteiger partial charge on any atom is 0.224 e. The van der Waals surface area contributed by atoms with Gasteiger partial charge >= 0.3 is 0 Å².